The number of imide groups is 1. The van der Waals surface area contributed by atoms with Crippen molar-refractivity contribution in [2.24, 2.45) is 0 Å². The molecule has 0 spiro atoms. The number of amides is 3. The third-order valence-corrected chi connectivity index (χ3v) is 5.56. The van der Waals surface area contributed by atoms with Crippen molar-refractivity contribution < 1.29 is 14.4 Å². The largest absolute Gasteiger partial charge is 0.302 e. The van der Waals surface area contributed by atoms with Crippen LogP contribution in [0.1, 0.15) is 27.1 Å². The van der Waals surface area contributed by atoms with Gasteiger partial charge in [-0.05, 0) is 24.3 Å². The second-order valence-electron chi connectivity index (χ2n) is 6.15. The lowest BCUT2D eigenvalue weighted by Crippen LogP contribution is -2.32. The summed E-state index contributed by atoms with van der Waals surface area (Å²) in [7, 11) is 0. The zero-order valence-corrected chi connectivity index (χ0v) is 16.9. The van der Waals surface area contributed by atoms with Gasteiger partial charge in [-0.2, -0.15) is 0 Å². The molecule has 0 saturated heterocycles. The Morgan fingerprint density at radius 2 is 1.79 bits per heavy atom. The van der Waals surface area contributed by atoms with Crippen LogP contribution in [0.15, 0.2) is 58.4 Å². The van der Waals surface area contributed by atoms with Crippen molar-refractivity contribution in [3.63, 3.8) is 0 Å². The zero-order chi connectivity index (χ0) is 19.7. The minimum absolute atomic E-state index is 0.0112. The highest BCUT2D eigenvalue weighted by Crippen LogP contribution is 2.27. The van der Waals surface area contributed by atoms with Gasteiger partial charge in [0.15, 0.2) is 5.13 Å². The molecular formula is C20H14BrN3O3S. The third-order valence-electron chi connectivity index (χ3n) is 4.31. The summed E-state index contributed by atoms with van der Waals surface area (Å²) in [6.07, 6.45) is 0.0112. The Labute approximate surface area is 173 Å². The molecule has 3 amide bonds. The molecule has 3 aromatic rings. The van der Waals surface area contributed by atoms with Crippen molar-refractivity contribution >= 4 is 50.1 Å². The van der Waals surface area contributed by atoms with Gasteiger partial charge in [0.05, 0.1) is 16.8 Å². The number of thiazole rings is 1. The normalized spacial score (nSPS) is 13.0. The number of halogens is 1. The molecule has 6 nitrogen and oxygen atoms in total. The molecular weight excluding hydrogens is 442 g/mol. The molecule has 2 heterocycles. The van der Waals surface area contributed by atoms with Crippen LogP contribution >= 0.6 is 27.3 Å². The summed E-state index contributed by atoms with van der Waals surface area (Å²) >= 11 is 4.75. The lowest BCUT2D eigenvalue weighted by Gasteiger charge is -2.12. The molecule has 0 bridgehead atoms. The van der Waals surface area contributed by atoms with Crippen LogP contribution in [-0.2, 0) is 4.79 Å². The van der Waals surface area contributed by atoms with Crippen LogP contribution in [0.5, 0.6) is 0 Å². The van der Waals surface area contributed by atoms with E-state index in [1.807, 2.05) is 29.6 Å². The first-order valence-corrected chi connectivity index (χ1v) is 10.2. The lowest BCUT2D eigenvalue weighted by molar-refractivity contribution is -0.116. The summed E-state index contributed by atoms with van der Waals surface area (Å²) < 4.78 is 0.949. The van der Waals surface area contributed by atoms with E-state index in [-0.39, 0.29) is 30.7 Å². The summed E-state index contributed by atoms with van der Waals surface area (Å²) in [5, 5.41) is 5.07. The predicted octanol–water partition coefficient (Wildman–Crippen LogP) is 4.20. The zero-order valence-electron chi connectivity index (χ0n) is 14.5. The fraction of sp³-hybridized carbons (Fsp3) is 0.100. The van der Waals surface area contributed by atoms with Gasteiger partial charge in [0.1, 0.15) is 0 Å². The van der Waals surface area contributed by atoms with E-state index >= 15 is 0 Å². The van der Waals surface area contributed by atoms with Gasteiger partial charge in [-0.3, -0.25) is 19.3 Å². The van der Waals surface area contributed by atoms with E-state index in [0.29, 0.717) is 16.3 Å². The Hall–Kier alpha value is -2.84. The molecule has 140 valence electrons. The Kier molecular flexibility index (Phi) is 5.06. The molecule has 0 unspecified atom stereocenters. The van der Waals surface area contributed by atoms with Gasteiger partial charge in [0.25, 0.3) is 11.8 Å². The maximum Gasteiger partial charge on any atom is 0.261 e. The lowest BCUT2D eigenvalue weighted by atomic mass is 10.1. The molecule has 0 radical (unpaired) electrons. The first-order chi connectivity index (χ1) is 13.5. The molecule has 2 aromatic carbocycles. The summed E-state index contributed by atoms with van der Waals surface area (Å²) in [5.74, 6) is -1.02. The molecule has 1 aliphatic rings. The number of nitrogens with one attached hydrogen (secondary N) is 1. The molecule has 1 N–H and O–H groups in total. The molecule has 0 atom stereocenters. The van der Waals surface area contributed by atoms with Crippen LogP contribution in [-0.4, -0.2) is 34.2 Å². The van der Waals surface area contributed by atoms with E-state index in [9.17, 15) is 14.4 Å². The van der Waals surface area contributed by atoms with E-state index in [0.717, 1.165) is 20.6 Å². The Bertz CT molecular complexity index is 1060. The fourth-order valence-electron chi connectivity index (χ4n) is 2.95. The Morgan fingerprint density at radius 3 is 2.46 bits per heavy atom. The van der Waals surface area contributed by atoms with E-state index < -0.39 is 0 Å². The van der Waals surface area contributed by atoms with E-state index in [2.05, 4.69) is 26.2 Å². The molecule has 0 aliphatic carbocycles. The van der Waals surface area contributed by atoms with Gasteiger partial charge in [-0.25, -0.2) is 4.98 Å². The van der Waals surface area contributed by atoms with Crippen molar-refractivity contribution in [2.75, 3.05) is 11.9 Å². The van der Waals surface area contributed by atoms with Crippen LogP contribution < -0.4 is 5.32 Å². The van der Waals surface area contributed by atoms with Crippen molar-refractivity contribution in [2.45, 2.75) is 6.42 Å². The smallest absolute Gasteiger partial charge is 0.261 e. The minimum Gasteiger partial charge on any atom is -0.302 e. The number of carbonyl (C=O) groups is 3. The Morgan fingerprint density at radius 1 is 1.07 bits per heavy atom. The molecule has 0 fully saturated rings. The number of aromatic nitrogens is 1. The molecule has 0 saturated carbocycles. The van der Waals surface area contributed by atoms with E-state index in [1.165, 1.54) is 11.3 Å². The highest BCUT2D eigenvalue weighted by molar-refractivity contribution is 9.10. The number of carbonyl (C=O) groups excluding carboxylic acids is 3. The minimum atomic E-state index is -0.361. The highest BCUT2D eigenvalue weighted by atomic mass is 79.9. The standard InChI is InChI=1S/C20H14BrN3O3S/c21-13-5-3-4-12(10-13)16-11-28-20(22-16)23-17(25)8-9-24-18(26)14-6-1-2-7-15(14)19(24)27/h1-7,10-11H,8-9H2,(H,22,23,25). The summed E-state index contributed by atoms with van der Waals surface area (Å²) in [6.45, 7) is 0.0298. The fourth-order valence-corrected chi connectivity index (χ4v) is 4.08. The maximum atomic E-state index is 12.3. The molecule has 28 heavy (non-hydrogen) atoms. The highest BCUT2D eigenvalue weighted by Gasteiger charge is 2.34. The number of hydrogen-bond acceptors (Lipinski definition) is 5. The molecule has 1 aliphatic heterocycles. The van der Waals surface area contributed by atoms with Crippen molar-refractivity contribution in [1.82, 2.24) is 9.88 Å². The number of anilines is 1. The predicted molar refractivity (Wildman–Crippen MR) is 110 cm³/mol. The number of rotatable bonds is 5. The van der Waals surface area contributed by atoms with Gasteiger partial charge in [-0.1, -0.05) is 40.2 Å². The van der Waals surface area contributed by atoms with Crippen molar-refractivity contribution in [3.8, 4) is 11.3 Å². The molecule has 8 heteroatoms. The van der Waals surface area contributed by atoms with Crippen molar-refractivity contribution in [3.05, 3.63) is 69.5 Å². The topological polar surface area (TPSA) is 79.4 Å². The SMILES string of the molecule is O=C(CCN1C(=O)c2ccccc2C1=O)Nc1nc(-c2cccc(Br)c2)cs1. The quantitative estimate of drug-likeness (QED) is 0.584. The van der Waals surface area contributed by atoms with Gasteiger partial charge < -0.3 is 5.32 Å². The summed E-state index contributed by atoms with van der Waals surface area (Å²) in [4.78, 5) is 42.4. The number of nitrogens with zero attached hydrogens (tertiary/aromatic N) is 2. The van der Waals surface area contributed by atoms with Crippen LogP contribution in [0.4, 0.5) is 5.13 Å². The average molecular weight is 456 g/mol. The Balaban J connectivity index is 1.37. The van der Waals surface area contributed by atoms with E-state index in [1.54, 1.807) is 24.3 Å². The number of fused-ring (bicyclic) bond motifs is 1. The van der Waals surface area contributed by atoms with E-state index in [4.69, 9.17) is 0 Å². The number of benzene rings is 2. The molecule has 1 aromatic heterocycles. The summed E-state index contributed by atoms with van der Waals surface area (Å²) in [6, 6.07) is 14.4. The van der Waals surface area contributed by atoms with Gasteiger partial charge in [0, 0.05) is 28.4 Å². The second-order valence-corrected chi connectivity index (χ2v) is 7.93. The summed E-state index contributed by atoms with van der Waals surface area (Å²) in [5.41, 5.74) is 2.47. The van der Waals surface area contributed by atoms with Crippen LogP contribution in [0, 0.1) is 0 Å². The second kappa shape index (κ2) is 7.65. The molecule has 4 rings (SSSR count). The van der Waals surface area contributed by atoms with Crippen molar-refractivity contribution in [1.29, 1.82) is 0 Å². The number of hydrogen-bond donors (Lipinski definition) is 1. The first kappa shape index (κ1) is 18.5. The maximum absolute atomic E-state index is 12.3. The van der Waals surface area contributed by atoms with Crippen LogP contribution in [0.2, 0.25) is 0 Å². The van der Waals surface area contributed by atoms with Gasteiger partial charge in [0.2, 0.25) is 5.91 Å². The van der Waals surface area contributed by atoms with Gasteiger partial charge >= 0.3 is 0 Å². The monoisotopic (exact) mass is 455 g/mol. The first-order valence-electron chi connectivity index (χ1n) is 8.49. The van der Waals surface area contributed by atoms with Gasteiger partial charge in [-0.15, -0.1) is 11.3 Å². The third kappa shape index (κ3) is 3.61. The van der Waals surface area contributed by atoms with Crippen LogP contribution in [0.25, 0.3) is 11.3 Å². The average Bonchev–Trinajstić information content (AvgIpc) is 3.24. The van der Waals surface area contributed by atoms with Crippen LogP contribution in [0.3, 0.4) is 0 Å².